The average Bonchev–Trinajstić information content (AvgIpc) is 3.37. The highest BCUT2D eigenvalue weighted by Crippen LogP contribution is 2.37. The SMILES string of the molecule is C=CC(=O)Nc1cc(Nc2ncc(C(F)(F)F)c(-n3ccc4c(OC)cccc43)n2)c(C)cc1N(C)CCN(C)C. The van der Waals surface area contributed by atoms with Gasteiger partial charge in [0.05, 0.1) is 24.0 Å². The number of nitrogens with one attached hydrogen (secondary N) is 2. The van der Waals surface area contributed by atoms with E-state index in [1.54, 1.807) is 30.3 Å². The Morgan fingerprint density at radius 3 is 2.56 bits per heavy atom. The number of aromatic nitrogens is 3. The molecule has 2 aromatic heterocycles. The number of anilines is 4. The fraction of sp³-hybridized carbons (Fsp3) is 0.276. The number of carbonyl (C=O) groups excluding carboxylic acids is 1. The van der Waals surface area contributed by atoms with Crippen molar-refractivity contribution in [2.75, 3.05) is 56.9 Å². The summed E-state index contributed by atoms with van der Waals surface area (Å²) in [4.78, 5) is 24.5. The number of fused-ring (bicyclic) bond motifs is 1. The second kappa shape index (κ2) is 11.9. The van der Waals surface area contributed by atoms with E-state index in [1.807, 2.05) is 43.9 Å². The van der Waals surface area contributed by atoms with Crippen molar-refractivity contribution in [2.24, 2.45) is 0 Å². The fourth-order valence-corrected chi connectivity index (χ4v) is 4.34. The van der Waals surface area contributed by atoms with E-state index in [2.05, 4.69) is 27.2 Å². The predicted molar refractivity (Wildman–Crippen MR) is 156 cm³/mol. The molecular formula is C29H32F3N7O2. The molecule has 0 saturated heterocycles. The van der Waals surface area contributed by atoms with Gasteiger partial charge in [0.25, 0.3) is 0 Å². The van der Waals surface area contributed by atoms with Crippen LogP contribution in [0.15, 0.2) is 61.4 Å². The Morgan fingerprint density at radius 2 is 1.90 bits per heavy atom. The van der Waals surface area contributed by atoms with Crippen LogP contribution in [0.3, 0.4) is 0 Å². The third-order valence-electron chi connectivity index (χ3n) is 6.54. The van der Waals surface area contributed by atoms with Crippen LogP contribution >= 0.6 is 0 Å². The molecule has 41 heavy (non-hydrogen) atoms. The van der Waals surface area contributed by atoms with Gasteiger partial charge in [-0.1, -0.05) is 12.6 Å². The van der Waals surface area contributed by atoms with Gasteiger partial charge in [-0.2, -0.15) is 18.2 Å². The molecule has 0 fully saturated rings. The summed E-state index contributed by atoms with van der Waals surface area (Å²) in [7, 11) is 7.35. The van der Waals surface area contributed by atoms with Gasteiger partial charge >= 0.3 is 6.18 Å². The Morgan fingerprint density at radius 1 is 1.15 bits per heavy atom. The number of alkyl halides is 3. The van der Waals surface area contributed by atoms with Crippen LogP contribution in [0.5, 0.6) is 5.75 Å². The third-order valence-corrected chi connectivity index (χ3v) is 6.54. The largest absolute Gasteiger partial charge is 0.496 e. The zero-order chi connectivity index (χ0) is 29.9. The number of hydrogen-bond donors (Lipinski definition) is 2. The molecular weight excluding hydrogens is 535 g/mol. The second-order valence-electron chi connectivity index (χ2n) is 9.73. The molecule has 0 saturated carbocycles. The lowest BCUT2D eigenvalue weighted by Crippen LogP contribution is -2.29. The van der Waals surface area contributed by atoms with Crippen molar-refractivity contribution in [1.29, 1.82) is 0 Å². The van der Waals surface area contributed by atoms with E-state index in [9.17, 15) is 18.0 Å². The lowest BCUT2D eigenvalue weighted by Gasteiger charge is -2.26. The van der Waals surface area contributed by atoms with E-state index in [0.717, 1.165) is 30.1 Å². The number of rotatable bonds is 10. The molecule has 0 aliphatic rings. The van der Waals surface area contributed by atoms with Crippen molar-refractivity contribution < 1.29 is 22.7 Å². The van der Waals surface area contributed by atoms with Crippen LogP contribution in [-0.4, -0.2) is 66.7 Å². The minimum absolute atomic E-state index is 0.0458. The van der Waals surface area contributed by atoms with Crippen molar-refractivity contribution in [3.05, 3.63) is 72.6 Å². The highest BCUT2D eigenvalue weighted by atomic mass is 19.4. The normalized spacial score (nSPS) is 11.5. The van der Waals surface area contributed by atoms with Gasteiger partial charge < -0.3 is 29.7 Å². The van der Waals surface area contributed by atoms with Crippen LogP contribution < -0.4 is 20.3 Å². The van der Waals surface area contributed by atoms with Gasteiger partial charge in [-0.15, -0.1) is 0 Å². The van der Waals surface area contributed by atoms with Crippen LogP contribution in [0.25, 0.3) is 16.7 Å². The Kier molecular flexibility index (Phi) is 8.52. The first-order chi connectivity index (χ1) is 19.4. The van der Waals surface area contributed by atoms with Crippen LogP contribution in [0.1, 0.15) is 11.1 Å². The summed E-state index contributed by atoms with van der Waals surface area (Å²) in [5, 5.41) is 6.50. The highest BCUT2D eigenvalue weighted by Gasteiger charge is 2.36. The van der Waals surface area contributed by atoms with E-state index in [1.165, 1.54) is 17.9 Å². The minimum Gasteiger partial charge on any atom is -0.496 e. The fourth-order valence-electron chi connectivity index (χ4n) is 4.34. The molecule has 0 bridgehead atoms. The topological polar surface area (TPSA) is 87.5 Å². The minimum atomic E-state index is -4.69. The van der Waals surface area contributed by atoms with Crippen molar-refractivity contribution in [2.45, 2.75) is 13.1 Å². The summed E-state index contributed by atoms with van der Waals surface area (Å²) in [5.74, 6) is -0.251. The Hall–Kier alpha value is -4.58. The number of methoxy groups -OCH3 is 1. The molecule has 12 heteroatoms. The number of benzene rings is 2. The lowest BCUT2D eigenvalue weighted by atomic mass is 10.1. The van der Waals surface area contributed by atoms with Crippen LogP contribution in [0, 0.1) is 6.92 Å². The molecule has 0 atom stereocenters. The number of aryl methyl sites for hydroxylation is 1. The monoisotopic (exact) mass is 567 g/mol. The molecule has 0 aliphatic carbocycles. The summed E-state index contributed by atoms with van der Waals surface area (Å²) in [6.07, 6.45) is -1.25. The van der Waals surface area contributed by atoms with E-state index in [-0.39, 0.29) is 11.8 Å². The van der Waals surface area contributed by atoms with E-state index < -0.39 is 17.6 Å². The van der Waals surface area contributed by atoms with Crippen molar-refractivity contribution in [1.82, 2.24) is 19.4 Å². The van der Waals surface area contributed by atoms with E-state index in [0.29, 0.717) is 34.6 Å². The average molecular weight is 568 g/mol. The molecule has 0 spiro atoms. The summed E-state index contributed by atoms with van der Waals surface area (Å²) >= 11 is 0. The van der Waals surface area contributed by atoms with Gasteiger partial charge in [0.1, 0.15) is 11.3 Å². The van der Waals surface area contributed by atoms with Gasteiger partial charge in [0.2, 0.25) is 11.9 Å². The molecule has 216 valence electrons. The Balaban J connectivity index is 1.78. The zero-order valence-corrected chi connectivity index (χ0v) is 23.5. The molecule has 1 amide bonds. The first kappa shape index (κ1) is 29.4. The number of halogens is 3. The quantitative estimate of drug-likeness (QED) is 0.241. The van der Waals surface area contributed by atoms with Crippen molar-refractivity contribution in [3.8, 4) is 11.6 Å². The number of ether oxygens (including phenoxy) is 1. The van der Waals surface area contributed by atoms with Crippen molar-refractivity contribution in [3.63, 3.8) is 0 Å². The van der Waals surface area contributed by atoms with Gasteiger partial charge in [0.15, 0.2) is 5.82 Å². The molecule has 4 rings (SSSR count). The van der Waals surface area contributed by atoms with Crippen LogP contribution in [0.4, 0.5) is 36.2 Å². The molecule has 0 radical (unpaired) electrons. The third kappa shape index (κ3) is 6.43. The van der Waals surface area contributed by atoms with Crippen LogP contribution in [0.2, 0.25) is 0 Å². The summed E-state index contributed by atoms with van der Waals surface area (Å²) in [5.41, 5.74) is 2.06. The number of carbonyl (C=O) groups is 1. The number of hydrogen-bond acceptors (Lipinski definition) is 7. The summed E-state index contributed by atoms with van der Waals surface area (Å²) in [6.45, 7) is 6.85. The molecule has 0 unspecified atom stereocenters. The maximum Gasteiger partial charge on any atom is 0.421 e. The molecule has 9 nitrogen and oxygen atoms in total. The van der Waals surface area contributed by atoms with Gasteiger partial charge in [-0.05, 0) is 63.0 Å². The number of nitrogens with zero attached hydrogens (tertiary/aromatic N) is 5. The molecule has 4 aromatic rings. The van der Waals surface area contributed by atoms with Gasteiger partial charge in [0, 0.05) is 43.6 Å². The highest BCUT2D eigenvalue weighted by molar-refractivity contribution is 6.02. The standard InChI is InChI=1S/C29H32F3N7O2/c1-7-26(40)34-22-16-21(18(2)15-24(22)38(5)14-13-37(3)4)35-28-33-17-20(29(30,31)32)27(36-28)39-12-11-19-23(39)9-8-10-25(19)41-6/h7-12,15-17H,1,13-14H2,2-6H3,(H,34,40)(H,33,35,36). The molecule has 2 heterocycles. The van der Waals surface area contributed by atoms with Crippen LogP contribution in [-0.2, 0) is 11.0 Å². The number of likely N-dealkylation sites (N-methyl/N-ethyl adjacent to an activating group) is 2. The molecule has 2 N–H and O–H groups in total. The Bertz CT molecular complexity index is 1580. The smallest absolute Gasteiger partial charge is 0.421 e. The first-order valence-electron chi connectivity index (χ1n) is 12.7. The maximum atomic E-state index is 14.1. The van der Waals surface area contributed by atoms with E-state index in [4.69, 9.17) is 4.74 Å². The predicted octanol–water partition coefficient (Wildman–Crippen LogP) is 5.62. The summed E-state index contributed by atoms with van der Waals surface area (Å²) < 4.78 is 48.9. The van der Waals surface area contributed by atoms with E-state index >= 15 is 0 Å². The number of amides is 1. The maximum absolute atomic E-state index is 14.1. The Labute approximate surface area is 236 Å². The zero-order valence-electron chi connectivity index (χ0n) is 23.5. The van der Waals surface area contributed by atoms with Gasteiger partial charge in [-0.25, -0.2) is 4.98 Å². The molecule has 0 aliphatic heterocycles. The van der Waals surface area contributed by atoms with Crippen molar-refractivity contribution >= 4 is 39.8 Å². The summed E-state index contributed by atoms with van der Waals surface area (Å²) in [6, 6.07) is 10.4. The first-order valence-corrected chi connectivity index (χ1v) is 12.7. The van der Waals surface area contributed by atoms with Gasteiger partial charge in [-0.3, -0.25) is 4.79 Å². The second-order valence-corrected chi connectivity index (χ2v) is 9.73. The lowest BCUT2D eigenvalue weighted by molar-refractivity contribution is -0.137. The molecule has 2 aromatic carbocycles.